The lowest BCUT2D eigenvalue weighted by molar-refractivity contribution is 0.708. The third kappa shape index (κ3) is 2.54. The number of aromatic amines is 1. The van der Waals surface area contributed by atoms with E-state index in [1.165, 1.54) is 11.6 Å². The second-order valence-corrected chi connectivity index (χ2v) is 5.83. The van der Waals surface area contributed by atoms with Crippen molar-refractivity contribution in [2.75, 3.05) is 19.0 Å². The standard InChI is InChI=1S/C16H19N5O2/c1-19(2)11-7-5-10(6-8-11)9-12-17-13-14(18-12)20(3)16(23)21(4)15(13)22/h5-8H,9H2,1-4H3,(H,17,18). The van der Waals surface area contributed by atoms with Crippen LogP contribution in [0.15, 0.2) is 33.9 Å². The molecule has 2 heterocycles. The largest absolute Gasteiger partial charge is 0.378 e. The van der Waals surface area contributed by atoms with Gasteiger partial charge in [-0.2, -0.15) is 0 Å². The first-order valence-electron chi connectivity index (χ1n) is 7.29. The van der Waals surface area contributed by atoms with E-state index in [1.54, 1.807) is 7.05 Å². The highest BCUT2D eigenvalue weighted by Crippen LogP contribution is 2.15. The van der Waals surface area contributed by atoms with Crippen LogP contribution in [0, 0.1) is 0 Å². The number of anilines is 1. The van der Waals surface area contributed by atoms with E-state index in [0.29, 0.717) is 23.4 Å². The monoisotopic (exact) mass is 313 g/mol. The van der Waals surface area contributed by atoms with Gasteiger partial charge in [0.15, 0.2) is 5.65 Å². The Balaban J connectivity index is 2.01. The van der Waals surface area contributed by atoms with Crippen LogP contribution in [-0.2, 0) is 20.5 Å². The zero-order chi connectivity index (χ0) is 16.7. The predicted octanol–water partition coefficient (Wildman–Crippen LogP) is 0.617. The van der Waals surface area contributed by atoms with Crippen LogP contribution < -0.4 is 16.1 Å². The minimum Gasteiger partial charge on any atom is -0.378 e. The molecule has 0 amide bonds. The van der Waals surface area contributed by atoms with Gasteiger partial charge in [0.1, 0.15) is 11.3 Å². The minimum absolute atomic E-state index is 0.356. The summed E-state index contributed by atoms with van der Waals surface area (Å²) in [7, 11) is 7.06. The maximum absolute atomic E-state index is 12.2. The van der Waals surface area contributed by atoms with E-state index in [4.69, 9.17) is 0 Å². The lowest BCUT2D eigenvalue weighted by Gasteiger charge is -2.12. The molecule has 0 atom stereocenters. The Labute approximate surface area is 132 Å². The molecule has 1 N–H and O–H groups in total. The highest BCUT2D eigenvalue weighted by molar-refractivity contribution is 5.69. The molecule has 0 aliphatic carbocycles. The summed E-state index contributed by atoms with van der Waals surface area (Å²) in [6.45, 7) is 0. The van der Waals surface area contributed by atoms with Gasteiger partial charge in [0.05, 0.1) is 0 Å². The number of aromatic nitrogens is 4. The van der Waals surface area contributed by atoms with Gasteiger partial charge in [-0.05, 0) is 17.7 Å². The third-order valence-corrected chi connectivity index (χ3v) is 3.97. The smallest absolute Gasteiger partial charge is 0.332 e. The lowest BCUT2D eigenvalue weighted by Crippen LogP contribution is -2.36. The number of hydrogen-bond donors (Lipinski definition) is 1. The molecule has 2 aromatic heterocycles. The molecular formula is C16H19N5O2. The topological polar surface area (TPSA) is 75.9 Å². The first-order valence-corrected chi connectivity index (χ1v) is 7.29. The van der Waals surface area contributed by atoms with E-state index in [0.717, 1.165) is 15.8 Å². The van der Waals surface area contributed by atoms with Crippen LogP contribution >= 0.6 is 0 Å². The molecule has 1 aromatic carbocycles. The number of hydrogen-bond acceptors (Lipinski definition) is 4. The van der Waals surface area contributed by atoms with E-state index in [-0.39, 0.29) is 11.2 Å². The Bertz CT molecular complexity index is 977. The van der Waals surface area contributed by atoms with Crippen LogP contribution in [0.2, 0.25) is 0 Å². The van der Waals surface area contributed by atoms with E-state index in [1.807, 2.05) is 43.3 Å². The van der Waals surface area contributed by atoms with Crippen LogP contribution in [0.25, 0.3) is 11.2 Å². The molecule has 0 bridgehead atoms. The van der Waals surface area contributed by atoms with Gasteiger partial charge in [0.2, 0.25) is 0 Å². The quantitative estimate of drug-likeness (QED) is 0.769. The van der Waals surface area contributed by atoms with E-state index >= 15 is 0 Å². The number of rotatable bonds is 3. The predicted molar refractivity (Wildman–Crippen MR) is 90.2 cm³/mol. The summed E-state index contributed by atoms with van der Waals surface area (Å²) < 4.78 is 2.46. The van der Waals surface area contributed by atoms with Crippen molar-refractivity contribution < 1.29 is 0 Å². The maximum atomic E-state index is 12.2. The third-order valence-electron chi connectivity index (χ3n) is 3.97. The summed E-state index contributed by atoms with van der Waals surface area (Å²) in [6, 6.07) is 8.12. The Kier molecular flexibility index (Phi) is 3.55. The second-order valence-electron chi connectivity index (χ2n) is 5.83. The van der Waals surface area contributed by atoms with E-state index < -0.39 is 0 Å². The molecule has 23 heavy (non-hydrogen) atoms. The Morgan fingerprint density at radius 1 is 1.09 bits per heavy atom. The first-order chi connectivity index (χ1) is 10.9. The van der Waals surface area contributed by atoms with Gasteiger partial charge >= 0.3 is 5.69 Å². The van der Waals surface area contributed by atoms with Crippen molar-refractivity contribution >= 4 is 16.9 Å². The van der Waals surface area contributed by atoms with E-state index in [2.05, 4.69) is 9.97 Å². The number of aryl methyl sites for hydroxylation is 1. The molecule has 0 aliphatic heterocycles. The fourth-order valence-electron chi connectivity index (χ4n) is 2.56. The Hall–Kier alpha value is -2.83. The molecule has 120 valence electrons. The fraction of sp³-hybridized carbons (Fsp3) is 0.312. The number of nitrogens with one attached hydrogen (secondary N) is 1. The van der Waals surface area contributed by atoms with Crippen molar-refractivity contribution in [2.45, 2.75) is 6.42 Å². The Morgan fingerprint density at radius 3 is 2.35 bits per heavy atom. The molecule has 7 heteroatoms. The molecule has 3 aromatic rings. The van der Waals surface area contributed by atoms with Crippen LogP contribution in [0.1, 0.15) is 11.4 Å². The van der Waals surface area contributed by atoms with Gasteiger partial charge in [-0.15, -0.1) is 0 Å². The zero-order valence-corrected chi connectivity index (χ0v) is 13.6. The van der Waals surface area contributed by atoms with Crippen molar-refractivity contribution in [2.24, 2.45) is 14.1 Å². The second kappa shape index (κ2) is 5.42. The average molecular weight is 313 g/mol. The molecule has 0 radical (unpaired) electrons. The molecule has 0 spiro atoms. The van der Waals surface area contributed by atoms with E-state index in [9.17, 15) is 9.59 Å². The number of H-pyrrole nitrogens is 1. The van der Waals surface area contributed by atoms with Gasteiger partial charge in [-0.1, -0.05) is 12.1 Å². The van der Waals surface area contributed by atoms with Gasteiger partial charge in [-0.3, -0.25) is 13.9 Å². The molecule has 3 rings (SSSR count). The van der Waals surface area contributed by atoms with Crippen molar-refractivity contribution in [3.8, 4) is 0 Å². The molecule has 0 saturated carbocycles. The minimum atomic E-state index is -0.379. The highest BCUT2D eigenvalue weighted by atomic mass is 16.2. The molecule has 0 fully saturated rings. The lowest BCUT2D eigenvalue weighted by atomic mass is 10.1. The van der Waals surface area contributed by atoms with Crippen molar-refractivity contribution in [1.29, 1.82) is 0 Å². The summed E-state index contributed by atoms with van der Waals surface area (Å²) in [5.41, 5.74) is 2.21. The number of imidazole rings is 1. The Morgan fingerprint density at radius 2 is 1.74 bits per heavy atom. The molecule has 7 nitrogen and oxygen atoms in total. The van der Waals surface area contributed by atoms with Crippen LogP contribution in [0.4, 0.5) is 5.69 Å². The summed E-state index contributed by atoms with van der Waals surface area (Å²) in [6.07, 6.45) is 0.569. The van der Waals surface area contributed by atoms with Gasteiger partial charge in [0.25, 0.3) is 5.56 Å². The first kappa shape index (κ1) is 15.1. The molecule has 0 saturated heterocycles. The van der Waals surface area contributed by atoms with Crippen LogP contribution in [0.5, 0.6) is 0 Å². The summed E-state index contributed by atoms with van der Waals surface area (Å²) in [5.74, 6) is 0.663. The fourth-order valence-corrected chi connectivity index (χ4v) is 2.56. The van der Waals surface area contributed by atoms with Crippen LogP contribution in [-0.4, -0.2) is 33.2 Å². The van der Waals surface area contributed by atoms with Crippen molar-refractivity contribution in [1.82, 2.24) is 19.1 Å². The van der Waals surface area contributed by atoms with Crippen LogP contribution in [0.3, 0.4) is 0 Å². The van der Waals surface area contributed by atoms with Crippen molar-refractivity contribution in [3.63, 3.8) is 0 Å². The summed E-state index contributed by atoms with van der Waals surface area (Å²) in [4.78, 5) is 33.6. The maximum Gasteiger partial charge on any atom is 0.332 e. The molecule has 0 unspecified atom stereocenters. The highest BCUT2D eigenvalue weighted by Gasteiger charge is 2.13. The molecule has 0 aliphatic rings. The SMILES string of the molecule is CN(C)c1ccc(Cc2nc3c([nH]2)c(=O)n(C)c(=O)n3C)cc1. The van der Waals surface area contributed by atoms with Gasteiger partial charge < -0.3 is 9.88 Å². The summed E-state index contributed by atoms with van der Waals surface area (Å²) in [5, 5.41) is 0. The van der Waals surface area contributed by atoms with Gasteiger partial charge in [0, 0.05) is 40.3 Å². The average Bonchev–Trinajstić information content (AvgIpc) is 2.95. The number of benzene rings is 1. The summed E-state index contributed by atoms with van der Waals surface area (Å²) >= 11 is 0. The molecular weight excluding hydrogens is 294 g/mol. The number of fused-ring (bicyclic) bond motifs is 1. The normalized spacial score (nSPS) is 11.1. The van der Waals surface area contributed by atoms with Gasteiger partial charge in [-0.25, -0.2) is 9.78 Å². The zero-order valence-electron chi connectivity index (χ0n) is 13.6. The number of nitrogens with zero attached hydrogens (tertiary/aromatic N) is 4. The van der Waals surface area contributed by atoms with Crippen molar-refractivity contribution in [3.05, 3.63) is 56.5 Å².